The van der Waals surface area contributed by atoms with Gasteiger partial charge in [-0.25, -0.2) is 4.98 Å². The van der Waals surface area contributed by atoms with E-state index in [9.17, 15) is 0 Å². The van der Waals surface area contributed by atoms with Gasteiger partial charge in [0.05, 0.1) is 5.02 Å². The van der Waals surface area contributed by atoms with Gasteiger partial charge in [0.2, 0.25) is 0 Å². The van der Waals surface area contributed by atoms with Crippen LogP contribution < -0.4 is 4.90 Å². The molecule has 0 bridgehead atoms. The average molecular weight is 304 g/mol. The summed E-state index contributed by atoms with van der Waals surface area (Å²) in [6.45, 7) is 1.12. The number of pyridine rings is 1. The van der Waals surface area contributed by atoms with Crippen molar-refractivity contribution >= 4 is 33.3 Å². The van der Waals surface area contributed by atoms with Crippen molar-refractivity contribution in [2.45, 2.75) is 31.7 Å². The number of nitrogens with zero attached hydrogens (tertiary/aromatic N) is 2. The molecule has 0 saturated carbocycles. The summed E-state index contributed by atoms with van der Waals surface area (Å²) in [6, 6.07) is 4.57. The molecular weight excluding hydrogens is 288 g/mol. The Bertz CT molecular complexity index is 326. The fourth-order valence-corrected chi connectivity index (χ4v) is 2.91. The second-order valence-corrected chi connectivity index (χ2v) is 5.38. The molecule has 88 valence electrons. The Labute approximate surface area is 110 Å². The highest BCUT2D eigenvalue weighted by atomic mass is 79.9. The highest BCUT2D eigenvalue weighted by molar-refractivity contribution is 9.09. The van der Waals surface area contributed by atoms with Crippen LogP contribution in [0.15, 0.2) is 18.3 Å². The largest absolute Gasteiger partial charge is 0.354 e. The van der Waals surface area contributed by atoms with Crippen LogP contribution in [0, 0.1) is 0 Å². The van der Waals surface area contributed by atoms with Gasteiger partial charge < -0.3 is 4.90 Å². The summed E-state index contributed by atoms with van der Waals surface area (Å²) >= 11 is 9.39. The van der Waals surface area contributed by atoms with E-state index in [0.717, 1.165) is 17.7 Å². The summed E-state index contributed by atoms with van der Waals surface area (Å²) < 4.78 is 0. The Hall–Kier alpha value is -0.280. The van der Waals surface area contributed by atoms with E-state index in [1.807, 2.05) is 12.1 Å². The minimum Gasteiger partial charge on any atom is -0.354 e. The van der Waals surface area contributed by atoms with Crippen LogP contribution in [0.25, 0.3) is 0 Å². The van der Waals surface area contributed by atoms with E-state index in [1.54, 1.807) is 6.20 Å². The van der Waals surface area contributed by atoms with Crippen LogP contribution >= 0.6 is 27.5 Å². The zero-order chi connectivity index (χ0) is 11.4. The lowest BCUT2D eigenvalue weighted by Gasteiger charge is -2.36. The zero-order valence-electron chi connectivity index (χ0n) is 9.20. The predicted molar refractivity (Wildman–Crippen MR) is 72.6 cm³/mol. The molecule has 1 aliphatic rings. The quantitative estimate of drug-likeness (QED) is 0.788. The number of alkyl halides is 1. The van der Waals surface area contributed by atoms with E-state index < -0.39 is 0 Å². The SMILES string of the molecule is Clc1ccc(N2CCCCC2CCBr)nc1. The molecule has 1 saturated heterocycles. The van der Waals surface area contributed by atoms with Crippen molar-refractivity contribution in [3.63, 3.8) is 0 Å². The van der Waals surface area contributed by atoms with Gasteiger partial charge in [0.25, 0.3) is 0 Å². The smallest absolute Gasteiger partial charge is 0.128 e. The molecule has 1 aliphatic heterocycles. The molecular formula is C12H16BrClN2. The lowest BCUT2D eigenvalue weighted by Crippen LogP contribution is -2.40. The average Bonchev–Trinajstić information content (AvgIpc) is 2.32. The minimum absolute atomic E-state index is 0.627. The van der Waals surface area contributed by atoms with Crippen molar-refractivity contribution in [1.82, 2.24) is 4.98 Å². The molecule has 2 heterocycles. The van der Waals surface area contributed by atoms with E-state index in [1.165, 1.54) is 25.7 Å². The van der Waals surface area contributed by atoms with Crippen molar-refractivity contribution in [3.8, 4) is 0 Å². The second kappa shape index (κ2) is 5.87. The molecule has 4 heteroatoms. The summed E-state index contributed by atoms with van der Waals surface area (Å²) in [6.07, 6.45) is 6.79. The van der Waals surface area contributed by atoms with Crippen LogP contribution in [0.1, 0.15) is 25.7 Å². The summed E-state index contributed by atoms with van der Waals surface area (Å²) in [5.41, 5.74) is 0. The van der Waals surface area contributed by atoms with E-state index in [4.69, 9.17) is 11.6 Å². The number of halogens is 2. The molecule has 0 spiro atoms. The first kappa shape index (κ1) is 12.2. The standard InChI is InChI=1S/C12H16BrClN2/c13-7-6-11-3-1-2-8-16(11)12-5-4-10(14)9-15-12/h4-5,9,11H,1-3,6-8H2. The Morgan fingerprint density at radius 1 is 1.44 bits per heavy atom. The van der Waals surface area contributed by atoms with E-state index >= 15 is 0 Å². The number of aromatic nitrogens is 1. The first-order valence-electron chi connectivity index (χ1n) is 5.75. The van der Waals surface area contributed by atoms with Gasteiger partial charge in [0.1, 0.15) is 5.82 Å². The van der Waals surface area contributed by atoms with E-state index in [0.29, 0.717) is 11.1 Å². The topological polar surface area (TPSA) is 16.1 Å². The van der Waals surface area contributed by atoms with Crippen LogP contribution in [0.2, 0.25) is 5.02 Å². The van der Waals surface area contributed by atoms with Crippen molar-refractivity contribution in [1.29, 1.82) is 0 Å². The van der Waals surface area contributed by atoms with Gasteiger partial charge in [-0.2, -0.15) is 0 Å². The van der Waals surface area contributed by atoms with Crippen LogP contribution in [0.4, 0.5) is 5.82 Å². The first-order valence-corrected chi connectivity index (χ1v) is 7.25. The summed E-state index contributed by atoms with van der Waals surface area (Å²) in [4.78, 5) is 6.83. The Balaban J connectivity index is 2.13. The molecule has 1 atom stereocenters. The summed E-state index contributed by atoms with van der Waals surface area (Å²) in [7, 11) is 0. The third-order valence-corrected chi connectivity index (χ3v) is 3.76. The number of hydrogen-bond donors (Lipinski definition) is 0. The number of anilines is 1. The van der Waals surface area contributed by atoms with Gasteiger partial charge in [-0.1, -0.05) is 27.5 Å². The highest BCUT2D eigenvalue weighted by Crippen LogP contribution is 2.26. The van der Waals surface area contributed by atoms with Crippen molar-refractivity contribution in [2.75, 3.05) is 16.8 Å². The molecule has 1 unspecified atom stereocenters. The summed E-state index contributed by atoms with van der Waals surface area (Å²) in [5.74, 6) is 1.06. The van der Waals surface area contributed by atoms with Crippen molar-refractivity contribution < 1.29 is 0 Å². The maximum absolute atomic E-state index is 5.86. The van der Waals surface area contributed by atoms with Crippen molar-refractivity contribution in [2.24, 2.45) is 0 Å². The van der Waals surface area contributed by atoms with Crippen LogP contribution in [-0.4, -0.2) is 22.9 Å². The van der Waals surface area contributed by atoms with Gasteiger partial charge in [-0.15, -0.1) is 0 Å². The maximum atomic E-state index is 5.86. The molecule has 0 radical (unpaired) electrons. The number of rotatable bonds is 3. The Kier molecular flexibility index (Phi) is 4.47. The van der Waals surface area contributed by atoms with Crippen LogP contribution in [0.3, 0.4) is 0 Å². The van der Waals surface area contributed by atoms with Gasteiger partial charge in [0, 0.05) is 24.1 Å². The fourth-order valence-electron chi connectivity index (χ4n) is 2.27. The molecule has 16 heavy (non-hydrogen) atoms. The molecule has 0 aromatic carbocycles. The number of piperidine rings is 1. The second-order valence-electron chi connectivity index (χ2n) is 4.16. The monoisotopic (exact) mass is 302 g/mol. The molecule has 1 aromatic rings. The zero-order valence-corrected chi connectivity index (χ0v) is 11.5. The summed E-state index contributed by atoms with van der Waals surface area (Å²) in [5, 5.41) is 1.76. The van der Waals surface area contributed by atoms with E-state index in [-0.39, 0.29) is 0 Å². The molecule has 1 fully saturated rings. The minimum atomic E-state index is 0.627. The maximum Gasteiger partial charge on any atom is 0.128 e. The molecule has 0 aliphatic carbocycles. The molecule has 2 nitrogen and oxygen atoms in total. The first-order chi connectivity index (χ1) is 7.81. The van der Waals surface area contributed by atoms with Gasteiger partial charge in [-0.05, 0) is 37.8 Å². The fraction of sp³-hybridized carbons (Fsp3) is 0.583. The van der Waals surface area contributed by atoms with Gasteiger partial charge in [0.15, 0.2) is 0 Å². The highest BCUT2D eigenvalue weighted by Gasteiger charge is 2.22. The molecule has 1 aromatic heterocycles. The van der Waals surface area contributed by atoms with Crippen LogP contribution in [-0.2, 0) is 0 Å². The molecule has 2 rings (SSSR count). The third kappa shape index (κ3) is 2.89. The molecule has 0 N–H and O–H groups in total. The van der Waals surface area contributed by atoms with Crippen molar-refractivity contribution in [3.05, 3.63) is 23.4 Å². The van der Waals surface area contributed by atoms with Gasteiger partial charge in [-0.3, -0.25) is 0 Å². The normalized spacial score (nSPS) is 21.1. The Morgan fingerprint density at radius 2 is 2.31 bits per heavy atom. The third-order valence-electron chi connectivity index (χ3n) is 3.08. The predicted octanol–water partition coefficient (Wildman–Crippen LogP) is 3.88. The van der Waals surface area contributed by atoms with E-state index in [2.05, 4.69) is 25.8 Å². The lowest BCUT2D eigenvalue weighted by molar-refractivity contribution is 0.449. The number of hydrogen-bond acceptors (Lipinski definition) is 2. The lowest BCUT2D eigenvalue weighted by atomic mass is 10.00. The van der Waals surface area contributed by atoms with Gasteiger partial charge >= 0.3 is 0 Å². The Morgan fingerprint density at radius 3 is 3.00 bits per heavy atom. The van der Waals surface area contributed by atoms with Crippen LogP contribution in [0.5, 0.6) is 0 Å². The molecule has 0 amide bonds.